The zero-order chi connectivity index (χ0) is 12.8. The molecular formula is C16H15ClS. The van der Waals surface area contributed by atoms with Gasteiger partial charge in [-0.1, -0.05) is 59.6 Å². The van der Waals surface area contributed by atoms with Crippen LogP contribution in [0.3, 0.4) is 0 Å². The summed E-state index contributed by atoms with van der Waals surface area (Å²) in [6.07, 6.45) is 2.13. The Hall–Kier alpha value is -1.18. The van der Waals surface area contributed by atoms with E-state index in [1.165, 1.54) is 16.7 Å². The van der Waals surface area contributed by atoms with Crippen LogP contribution in [0.15, 0.2) is 53.9 Å². The highest BCUT2D eigenvalue weighted by atomic mass is 35.5. The van der Waals surface area contributed by atoms with Crippen LogP contribution in [0.5, 0.6) is 0 Å². The van der Waals surface area contributed by atoms with Crippen LogP contribution in [-0.2, 0) is 5.75 Å². The van der Waals surface area contributed by atoms with Gasteiger partial charge in [-0.25, -0.2) is 0 Å². The maximum atomic E-state index is 6.10. The first-order valence-electron chi connectivity index (χ1n) is 5.84. The standard InChI is InChI=1S/C16H15ClS/c1-13-6-8-14(9-7-13)10-11-18-12-15-4-2-3-5-16(15)17/h2-11H,12H2,1H3. The SMILES string of the molecule is Cc1ccc(C=CSCc2ccccc2Cl)cc1. The lowest BCUT2D eigenvalue weighted by atomic mass is 10.2. The summed E-state index contributed by atoms with van der Waals surface area (Å²) in [5.41, 5.74) is 3.70. The third-order valence-corrected chi connectivity index (χ3v) is 3.81. The van der Waals surface area contributed by atoms with E-state index >= 15 is 0 Å². The van der Waals surface area contributed by atoms with Crippen LogP contribution in [0.2, 0.25) is 5.02 Å². The van der Waals surface area contributed by atoms with Crippen LogP contribution in [0.1, 0.15) is 16.7 Å². The molecule has 2 rings (SSSR count). The predicted molar refractivity (Wildman–Crippen MR) is 83.0 cm³/mol. The average molecular weight is 275 g/mol. The molecule has 0 bridgehead atoms. The molecule has 0 aliphatic rings. The van der Waals surface area contributed by atoms with E-state index in [9.17, 15) is 0 Å². The van der Waals surface area contributed by atoms with Gasteiger partial charge in [0.2, 0.25) is 0 Å². The summed E-state index contributed by atoms with van der Waals surface area (Å²) in [5, 5.41) is 2.96. The summed E-state index contributed by atoms with van der Waals surface area (Å²) < 4.78 is 0. The second-order valence-electron chi connectivity index (χ2n) is 4.12. The Bertz CT molecular complexity index is 529. The van der Waals surface area contributed by atoms with E-state index in [2.05, 4.69) is 48.7 Å². The molecule has 0 aromatic heterocycles. The minimum absolute atomic E-state index is 0.841. The lowest BCUT2D eigenvalue weighted by Gasteiger charge is -2.00. The number of benzene rings is 2. The van der Waals surface area contributed by atoms with Gasteiger partial charge in [0.25, 0.3) is 0 Å². The summed E-state index contributed by atoms with van der Waals surface area (Å²) in [5.74, 6) is 0.905. The van der Waals surface area contributed by atoms with Gasteiger partial charge >= 0.3 is 0 Å². The molecule has 0 aliphatic heterocycles. The molecule has 0 spiro atoms. The summed E-state index contributed by atoms with van der Waals surface area (Å²) in [6.45, 7) is 2.10. The summed E-state index contributed by atoms with van der Waals surface area (Å²) in [7, 11) is 0. The monoisotopic (exact) mass is 274 g/mol. The maximum absolute atomic E-state index is 6.10. The fourth-order valence-corrected chi connectivity index (χ4v) is 2.62. The number of aryl methyl sites for hydroxylation is 1. The molecule has 2 heteroatoms. The Morgan fingerprint density at radius 1 is 1.06 bits per heavy atom. The topological polar surface area (TPSA) is 0 Å². The zero-order valence-corrected chi connectivity index (χ0v) is 11.8. The third kappa shape index (κ3) is 3.94. The lowest BCUT2D eigenvalue weighted by molar-refractivity contribution is 1.42. The summed E-state index contributed by atoms with van der Waals surface area (Å²) in [4.78, 5) is 0. The third-order valence-electron chi connectivity index (χ3n) is 2.63. The first-order valence-corrected chi connectivity index (χ1v) is 7.26. The highest BCUT2D eigenvalue weighted by molar-refractivity contribution is 8.01. The fourth-order valence-electron chi connectivity index (χ4n) is 1.56. The molecule has 18 heavy (non-hydrogen) atoms. The lowest BCUT2D eigenvalue weighted by Crippen LogP contribution is -1.79. The highest BCUT2D eigenvalue weighted by Gasteiger charge is 1.96. The number of rotatable bonds is 4. The molecule has 0 atom stereocenters. The van der Waals surface area contributed by atoms with E-state index in [1.54, 1.807) is 11.8 Å². The number of thioether (sulfide) groups is 1. The van der Waals surface area contributed by atoms with Gasteiger partial charge in [0.15, 0.2) is 0 Å². The van der Waals surface area contributed by atoms with Crippen molar-refractivity contribution in [3.8, 4) is 0 Å². The molecule has 0 N–H and O–H groups in total. The molecule has 0 fully saturated rings. The quantitative estimate of drug-likeness (QED) is 0.704. The molecule has 92 valence electrons. The number of halogens is 1. The Morgan fingerprint density at radius 2 is 1.78 bits per heavy atom. The van der Waals surface area contributed by atoms with E-state index in [0.717, 1.165) is 10.8 Å². The van der Waals surface area contributed by atoms with Crippen LogP contribution >= 0.6 is 23.4 Å². The van der Waals surface area contributed by atoms with Crippen molar-refractivity contribution in [3.05, 3.63) is 75.7 Å². The second kappa shape index (κ2) is 6.67. The number of hydrogen-bond donors (Lipinski definition) is 0. The van der Waals surface area contributed by atoms with E-state index in [1.807, 2.05) is 18.2 Å². The predicted octanol–water partition coefficient (Wildman–Crippen LogP) is 5.55. The van der Waals surface area contributed by atoms with Gasteiger partial charge in [-0.05, 0) is 35.6 Å². The van der Waals surface area contributed by atoms with Crippen molar-refractivity contribution >= 4 is 29.4 Å². The Morgan fingerprint density at radius 3 is 2.50 bits per heavy atom. The maximum Gasteiger partial charge on any atom is 0.0446 e. The van der Waals surface area contributed by atoms with Crippen molar-refractivity contribution in [2.75, 3.05) is 0 Å². The molecule has 2 aromatic carbocycles. The van der Waals surface area contributed by atoms with Gasteiger partial charge < -0.3 is 0 Å². The van der Waals surface area contributed by atoms with E-state index in [-0.39, 0.29) is 0 Å². The van der Waals surface area contributed by atoms with Crippen molar-refractivity contribution in [1.82, 2.24) is 0 Å². The molecule has 0 nitrogen and oxygen atoms in total. The van der Waals surface area contributed by atoms with Gasteiger partial charge in [-0.15, -0.1) is 11.8 Å². The first-order chi connectivity index (χ1) is 8.75. The van der Waals surface area contributed by atoms with Crippen molar-refractivity contribution in [2.45, 2.75) is 12.7 Å². The fraction of sp³-hybridized carbons (Fsp3) is 0.125. The molecule has 0 radical (unpaired) electrons. The highest BCUT2D eigenvalue weighted by Crippen LogP contribution is 2.21. The Labute approximate surface area is 118 Å². The zero-order valence-electron chi connectivity index (χ0n) is 10.3. The van der Waals surface area contributed by atoms with Crippen LogP contribution in [-0.4, -0.2) is 0 Å². The van der Waals surface area contributed by atoms with Crippen molar-refractivity contribution in [2.24, 2.45) is 0 Å². The van der Waals surface area contributed by atoms with Crippen LogP contribution < -0.4 is 0 Å². The van der Waals surface area contributed by atoms with Crippen molar-refractivity contribution in [3.63, 3.8) is 0 Å². The van der Waals surface area contributed by atoms with E-state index < -0.39 is 0 Å². The molecule has 0 aliphatic carbocycles. The molecular weight excluding hydrogens is 260 g/mol. The molecule has 0 saturated carbocycles. The average Bonchev–Trinajstić information content (AvgIpc) is 2.39. The van der Waals surface area contributed by atoms with Crippen LogP contribution in [0.25, 0.3) is 6.08 Å². The smallest absolute Gasteiger partial charge is 0.0446 e. The van der Waals surface area contributed by atoms with Crippen LogP contribution in [0, 0.1) is 6.92 Å². The van der Waals surface area contributed by atoms with Gasteiger partial charge in [0.1, 0.15) is 0 Å². The summed E-state index contributed by atoms with van der Waals surface area (Å²) in [6, 6.07) is 16.5. The molecule has 2 aromatic rings. The van der Waals surface area contributed by atoms with Gasteiger partial charge in [-0.3, -0.25) is 0 Å². The van der Waals surface area contributed by atoms with Crippen molar-refractivity contribution < 1.29 is 0 Å². The summed E-state index contributed by atoms with van der Waals surface area (Å²) >= 11 is 7.85. The minimum atomic E-state index is 0.841. The molecule has 0 saturated heterocycles. The molecule has 0 amide bonds. The second-order valence-corrected chi connectivity index (χ2v) is 5.42. The van der Waals surface area contributed by atoms with Gasteiger partial charge in [-0.2, -0.15) is 0 Å². The first kappa shape index (κ1) is 13.3. The van der Waals surface area contributed by atoms with Gasteiger partial charge in [0.05, 0.1) is 0 Å². The van der Waals surface area contributed by atoms with Gasteiger partial charge in [0, 0.05) is 10.8 Å². The Kier molecular flexibility index (Phi) is 4.91. The van der Waals surface area contributed by atoms with E-state index in [0.29, 0.717) is 0 Å². The molecule has 0 heterocycles. The number of hydrogen-bond acceptors (Lipinski definition) is 1. The Balaban J connectivity index is 1.89. The van der Waals surface area contributed by atoms with E-state index in [4.69, 9.17) is 11.6 Å². The normalized spacial score (nSPS) is 11.0. The van der Waals surface area contributed by atoms with Crippen molar-refractivity contribution in [1.29, 1.82) is 0 Å². The largest absolute Gasteiger partial charge is 0.129 e. The molecule has 0 unspecified atom stereocenters. The van der Waals surface area contributed by atoms with Crippen LogP contribution in [0.4, 0.5) is 0 Å². The minimum Gasteiger partial charge on any atom is -0.129 e.